The summed E-state index contributed by atoms with van der Waals surface area (Å²) in [6.07, 6.45) is 3.63. The Labute approximate surface area is 172 Å². The topological polar surface area (TPSA) is 34.9 Å². The van der Waals surface area contributed by atoms with E-state index >= 15 is 0 Å². The van der Waals surface area contributed by atoms with E-state index in [0.29, 0.717) is 26.8 Å². The van der Waals surface area contributed by atoms with E-state index in [1.807, 2.05) is 61.5 Å². The van der Waals surface area contributed by atoms with Crippen LogP contribution in [0.3, 0.4) is 0 Å². The fourth-order valence-corrected chi connectivity index (χ4v) is 3.48. The minimum Gasteiger partial charge on any atom is -0.268 e. The quantitative estimate of drug-likeness (QED) is 0.407. The van der Waals surface area contributed by atoms with Crippen molar-refractivity contribution < 1.29 is 0 Å². The number of para-hydroxylation sites is 1. The van der Waals surface area contributed by atoms with Crippen LogP contribution in [0.2, 0.25) is 10.0 Å². The van der Waals surface area contributed by atoms with E-state index in [1.165, 1.54) is 0 Å². The number of nitrogens with zero attached hydrogens (tertiary/aromatic N) is 2. The van der Waals surface area contributed by atoms with E-state index in [2.05, 4.69) is 0 Å². The first-order valence-electron chi connectivity index (χ1n) is 8.75. The number of aryl methyl sites for hydroxylation is 1. The molecule has 0 saturated carbocycles. The van der Waals surface area contributed by atoms with Crippen molar-refractivity contribution in [3.63, 3.8) is 0 Å². The van der Waals surface area contributed by atoms with Crippen molar-refractivity contribution in [3.05, 3.63) is 104 Å². The summed E-state index contributed by atoms with van der Waals surface area (Å²) in [5, 5.41) is 1.68. The smallest absolute Gasteiger partial charge is 0.266 e. The van der Waals surface area contributed by atoms with Crippen molar-refractivity contribution in [2.45, 2.75) is 6.92 Å². The van der Waals surface area contributed by atoms with E-state index < -0.39 is 0 Å². The zero-order chi connectivity index (χ0) is 19.7. The molecule has 28 heavy (non-hydrogen) atoms. The highest BCUT2D eigenvalue weighted by Crippen LogP contribution is 2.23. The summed E-state index contributed by atoms with van der Waals surface area (Å²) in [4.78, 5) is 17.9. The van der Waals surface area contributed by atoms with Crippen LogP contribution in [0.1, 0.15) is 17.0 Å². The van der Waals surface area contributed by atoms with Crippen LogP contribution in [0.4, 0.5) is 0 Å². The third kappa shape index (κ3) is 3.59. The molecule has 5 heteroatoms. The van der Waals surface area contributed by atoms with Crippen LogP contribution in [0.5, 0.6) is 0 Å². The van der Waals surface area contributed by atoms with Crippen molar-refractivity contribution in [2.24, 2.45) is 0 Å². The monoisotopic (exact) mass is 406 g/mol. The number of hydrogen-bond donors (Lipinski definition) is 0. The van der Waals surface area contributed by atoms with Crippen LogP contribution >= 0.6 is 23.2 Å². The summed E-state index contributed by atoms with van der Waals surface area (Å²) >= 11 is 12.2. The normalized spacial score (nSPS) is 11.4. The molecular weight excluding hydrogens is 391 g/mol. The Kier molecular flexibility index (Phi) is 5.03. The highest BCUT2D eigenvalue weighted by atomic mass is 35.5. The van der Waals surface area contributed by atoms with E-state index in [4.69, 9.17) is 28.2 Å². The van der Waals surface area contributed by atoms with Crippen molar-refractivity contribution in [1.29, 1.82) is 0 Å². The van der Waals surface area contributed by atoms with Crippen LogP contribution in [0, 0.1) is 6.92 Å². The number of fused-ring (bicyclic) bond motifs is 1. The van der Waals surface area contributed by atoms with Crippen molar-refractivity contribution in [3.8, 4) is 5.69 Å². The second kappa shape index (κ2) is 7.63. The lowest BCUT2D eigenvalue weighted by Crippen LogP contribution is -2.22. The molecule has 0 aliphatic rings. The molecule has 3 nitrogen and oxygen atoms in total. The van der Waals surface area contributed by atoms with Gasteiger partial charge in [-0.25, -0.2) is 4.98 Å². The number of hydrogen-bond acceptors (Lipinski definition) is 2. The van der Waals surface area contributed by atoms with Gasteiger partial charge >= 0.3 is 0 Å². The standard InChI is InChI=1S/C23H16Cl2N2O/c1-15-6-11-18(12-7-15)27-22(13-9-16-8-10-17(24)14-20(16)25)26-21-5-3-2-4-19(21)23(27)28/h2-14H,1H3. The second-order valence-electron chi connectivity index (χ2n) is 6.46. The van der Waals surface area contributed by atoms with Gasteiger partial charge in [0, 0.05) is 10.0 Å². The number of benzene rings is 3. The van der Waals surface area contributed by atoms with Crippen molar-refractivity contribution in [1.82, 2.24) is 9.55 Å². The van der Waals surface area contributed by atoms with Crippen LogP contribution in [0.15, 0.2) is 71.5 Å². The largest absolute Gasteiger partial charge is 0.268 e. The molecule has 4 aromatic rings. The maximum atomic E-state index is 13.2. The predicted molar refractivity (Wildman–Crippen MR) is 117 cm³/mol. The average molecular weight is 407 g/mol. The summed E-state index contributed by atoms with van der Waals surface area (Å²) in [5.41, 5.74) is 3.21. The lowest BCUT2D eigenvalue weighted by atomic mass is 10.2. The summed E-state index contributed by atoms with van der Waals surface area (Å²) < 4.78 is 1.61. The maximum absolute atomic E-state index is 13.2. The average Bonchev–Trinajstić information content (AvgIpc) is 2.68. The first-order valence-corrected chi connectivity index (χ1v) is 9.50. The first kappa shape index (κ1) is 18.5. The molecule has 1 heterocycles. The van der Waals surface area contributed by atoms with Crippen LogP contribution in [-0.4, -0.2) is 9.55 Å². The summed E-state index contributed by atoms with van der Waals surface area (Å²) in [5.74, 6) is 0.526. The third-order valence-electron chi connectivity index (χ3n) is 4.47. The molecule has 0 N–H and O–H groups in total. The number of halogens is 2. The molecule has 0 aliphatic carbocycles. The molecular formula is C23H16Cl2N2O. The van der Waals surface area contributed by atoms with Gasteiger partial charge in [0.2, 0.25) is 0 Å². The Morgan fingerprint density at radius 3 is 2.43 bits per heavy atom. The fraction of sp³-hybridized carbons (Fsp3) is 0.0435. The lowest BCUT2D eigenvalue weighted by Gasteiger charge is -2.12. The van der Waals surface area contributed by atoms with Gasteiger partial charge in [0.25, 0.3) is 5.56 Å². The zero-order valence-electron chi connectivity index (χ0n) is 15.1. The molecule has 0 saturated heterocycles. The Hall–Kier alpha value is -2.88. The van der Waals surface area contributed by atoms with Gasteiger partial charge in [-0.2, -0.15) is 0 Å². The van der Waals surface area contributed by atoms with Gasteiger partial charge in [-0.1, -0.05) is 59.1 Å². The van der Waals surface area contributed by atoms with Crippen LogP contribution < -0.4 is 5.56 Å². The second-order valence-corrected chi connectivity index (χ2v) is 7.31. The SMILES string of the molecule is Cc1ccc(-n2c(C=Cc3ccc(Cl)cc3Cl)nc3ccccc3c2=O)cc1. The molecule has 3 aromatic carbocycles. The van der Waals surface area contributed by atoms with Crippen LogP contribution in [-0.2, 0) is 0 Å². The van der Waals surface area contributed by atoms with E-state index in [-0.39, 0.29) is 5.56 Å². The highest BCUT2D eigenvalue weighted by Gasteiger charge is 2.11. The Balaban J connectivity index is 1.93. The first-order chi connectivity index (χ1) is 13.5. The van der Waals surface area contributed by atoms with E-state index in [0.717, 1.165) is 16.8 Å². The van der Waals surface area contributed by atoms with Gasteiger partial charge in [0.15, 0.2) is 0 Å². The Morgan fingerprint density at radius 2 is 1.68 bits per heavy atom. The van der Waals surface area contributed by atoms with Gasteiger partial charge < -0.3 is 0 Å². The van der Waals surface area contributed by atoms with E-state index in [9.17, 15) is 4.79 Å². The molecule has 0 fully saturated rings. The lowest BCUT2D eigenvalue weighted by molar-refractivity contribution is 0.943. The molecule has 0 spiro atoms. The maximum Gasteiger partial charge on any atom is 0.266 e. The molecule has 0 radical (unpaired) electrons. The summed E-state index contributed by atoms with van der Waals surface area (Å²) in [6.45, 7) is 2.01. The number of rotatable bonds is 3. The Bertz CT molecular complexity index is 1260. The van der Waals surface area contributed by atoms with Gasteiger partial charge in [-0.3, -0.25) is 9.36 Å². The van der Waals surface area contributed by atoms with Gasteiger partial charge in [-0.05, 0) is 61.0 Å². The summed E-state index contributed by atoms with van der Waals surface area (Å²) in [7, 11) is 0. The molecule has 0 atom stereocenters. The molecule has 138 valence electrons. The number of aromatic nitrogens is 2. The van der Waals surface area contributed by atoms with E-state index in [1.54, 1.807) is 28.8 Å². The third-order valence-corrected chi connectivity index (χ3v) is 5.03. The zero-order valence-corrected chi connectivity index (χ0v) is 16.6. The molecule has 1 aromatic heterocycles. The van der Waals surface area contributed by atoms with Gasteiger partial charge in [-0.15, -0.1) is 0 Å². The minimum atomic E-state index is -0.115. The summed E-state index contributed by atoms with van der Waals surface area (Å²) in [6, 6.07) is 20.4. The van der Waals surface area contributed by atoms with Gasteiger partial charge in [0.1, 0.15) is 5.82 Å². The fourth-order valence-electron chi connectivity index (χ4n) is 3.01. The molecule has 0 aliphatic heterocycles. The highest BCUT2D eigenvalue weighted by molar-refractivity contribution is 6.35. The predicted octanol–water partition coefficient (Wildman–Crippen LogP) is 6.17. The molecule has 0 amide bonds. The van der Waals surface area contributed by atoms with Crippen molar-refractivity contribution >= 4 is 46.3 Å². The molecule has 0 bridgehead atoms. The molecule has 4 rings (SSSR count). The van der Waals surface area contributed by atoms with Crippen molar-refractivity contribution in [2.75, 3.05) is 0 Å². The molecule has 0 unspecified atom stereocenters. The van der Waals surface area contributed by atoms with Crippen LogP contribution in [0.25, 0.3) is 28.7 Å². The minimum absolute atomic E-state index is 0.115. The Morgan fingerprint density at radius 1 is 0.929 bits per heavy atom. The van der Waals surface area contributed by atoms with Gasteiger partial charge in [0.05, 0.1) is 16.6 Å².